The van der Waals surface area contributed by atoms with E-state index in [1.54, 1.807) is 23.4 Å². The number of nitrogens with zero attached hydrogens (tertiary/aromatic N) is 6. The van der Waals surface area contributed by atoms with Gasteiger partial charge in [0.1, 0.15) is 18.3 Å². The number of halogens is 1. The highest BCUT2D eigenvalue weighted by Gasteiger charge is 2.25. The van der Waals surface area contributed by atoms with Crippen molar-refractivity contribution in [2.45, 2.75) is 6.42 Å². The van der Waals surface area contributed by atoms with Crippen molar-refractivity contribution in [3.8, 4) is 23.0 Å². The molecule has 1 aromatic carbocycles. The van der Waals surface area contributed by atoms with Crippen LogP contribution in [0.3, 0.4) is 0 Å². The smallest absolute Gasteiger partial charge is 0.246 e. The first kappa shape index (κ1) is 12.6. The van der Waals surface area contributed by atoms with E-state index >= 15 is 0 Å². The molecule has 0 bridgehead atoms. The van der Waals surface area contributed by atoms with E-state index in [1.165, 1.54) is 6.26 Å². The van der Waals surface area contributed by atoms with Crippen molar-refractivity contribution in [2.24, 2.45) is 0 Å². The second-order valence-electron chi connectivity index (χ2n) is 5.19. The molecule has 5 rings (SSSR count). The Morgan fingerprint density at radius 3 is 3.00 bits per heavy atom. The summed E-state index contributed by atoms with van der Waals surface area (Å²) in [6, 6.07) is 5.66. The Hall–Kier alpha value is -2.93. The van der Waals surface area contributed by atoms with Gasteiger partial charge in [-0.1, -0.05) is 16.8 Å². The fraction of sp³-hybridized carbons (Fsp3) is 0.0667. The fourth-order valence-electron chi connectivity index (χ4n) is 2.89. The average molecular weight is 325 g/mol. The third-order valence-electron chi connectivity index (χ3n) is 3.89. The summed E-state index contributed by atoms with van der Waals surface area (Å²) in [5.74, 6) is 0.496. The van der Waals surface area contributed by atoms with Crippen LogP contribution in [0, 0.1) is 0 Å². The fourth-order valence-corrected chi connectivity index (χ4v) is 3.06. The normalized spacial score (nSPS) is 12.4. The van der Waals surface area contributed by atoms with Crippen molar-refractivity contribution >= 4 is 11.6 Å². The minimum Gasteiger partial charge on any atom is -0.443 e. The van der Waals surface area contributed by atoms with Crippen molar-refractivity contribution < 1.29 is 4.42 Å². The molecule has 23 heavy (non-hydrogen) atoms. The van der Waals surface area contributed by atoms with Crippen molar-refractivity contribution in [3.63, 3.8) is 0 Å². The first-order valence-electron chi connectivity index (χ1n) is 6.97. The second-order valence-corrected chi connectivity index (χ2v) is 5.63. The van der Waals surface area contributed by atoms with Gasteiger partial charge in [0.2, 0.25) is 5.89 Å². The monoisotopic (exact) mass is 324 g/mol. The lowest BCUT2D eigenvalue weighted by Crippen LogP contribution is -2.03. The number of fused-ring (bicyclic) bond motifs is 5. The first-order chi connectivity index (χ1) is 11.3. The molecule has 7 nitrogen and oxygen atoms in total. The molecule has 0 N–H and O–H groups in total. The summed E-state index contributed by atoms with van der Waals surface area (Å²) in [4.78, 5) is 8.69. The average Bonchev–Trinajstić information content (AvgIpc) is 3.27. The van der Waals surface area contributed by atoms with Crippen molar-refractivity contribution in [1.82, 2.24) is 29.5 Å². The molecule has 0 unspecified atom stereocenters. The summed E-state index contributed by atoms with van der Waals surface area (Å²) in [5, 5.41) is 8.85. The number of imidazole rings is 1. The molecule has 0 atom stereocenters. The molecule has 0 amide bonds. The largest absolute Gasteiger partial charge is 0.443 e. The molecule has 0 saturated heterocycles. The van der Waals surface area contributed by atoms with E-state index in [9.17, 15) is 0 Å². The minimum absolute atomic E-state index is 0.496. The molecule has 8 heteroatoms. The summed E-state index contributed by atoms with van der Waals surface area (Å²) >= 11 is 6.17. The highest BCUT2D eigenvalue weighted by Crippen LogP contribution is 2.33. The Morgan fingerprint density at radius 2 is 2.13 bits per heavy atom. The number of rotatable bonds is 1. The van der Waals surface area contributed by atoms with Gasteiger partial charge in [0.25, 0.3) is 0 Å². The second kappa shape index (κ2) is 4.53. The zero-order valence-electron chi connectivity index (χ0n) is 11.7. The molecule has 1 aliphatic rings. The van der Waals surface area contributed by atoms with E-state index < -0.39 is 0 Å². The highest BCUT2D eigenvalue weighted by atomic mass is 35.5. The van der Waals surface area contributed by atoms with Gasteiger partial charge in [-0.05, 0) is 18.2 Å². The van der Waals surface area contributed by atoms with Gasteiger partial charge >= 0.3 is 0 Å². The summed E-state index contributed by atoms with van der Waals surface area (Å²) in [6.07, 6.45) is 7.26. The van der Waals surface area contributed by atoms with Gasteiger partial charge in [-0.15, -0.1) is 5.10 Å². The zero-order chi connectivity index (χ0) is 15.4. The number of aromatic nitrogens is 6. The van der Waals surface area contributed by atoms with E-state index in [-0.39, 0.29) is 0 Å². The Morgan fingerprint density at radius 1 is 1.17 bits per heavy atom. The van der Waals surface area contributed by atoms with E-state index in [0.717, 1.165) is 22.8 Å². The molecule has 4 heterocycles. The maximum atomic E-state index is 6.17. The van der Waals surface area contributed by atoms with Crippen LogP contribution in [-0.4, -0.2) is 29.5 Å². The molecule has 3 aromatic heterocycles. The van der Waals surface area contributed by atoms with E-state index in [0.29, 0.717) is 23.0 Å². The summed E-state index contributed by atoms with van der Waals surface area (Å²) in [7, 11) is 0. The number of oxazole rings is 1. The molecular formula is C15H9ClN6O. The molecule has 1 aliphatic heterocycles. The van der Waals surface area contributed by atoms with Gasteiger partial charge in [0.05, 0.1) is 35.2 Å². The van der Waals surface area contributed by atoms with E-state index in [1.807, 2.05) is 22.8 Å². The number of hydrogen-bond acceptors (Lipinski definition) is 5. The lowest BCUT2D eigenvalue weighted by Gasteiger charge is -2.09. The molecular weight excluding hydrogens is 316 g/mol. The SMILES string of the molecule is Clc1ccc2c(c1)-n1nncc1Cc1c(-c3ncco3)ncn1-2. The van der Waals surface area contributed by atoms with Gasteiger partial charge in [0, 0.05) is 11.4 Å². The molecule has 0 aliphatic carbocycles. The summed E-state index contributed by atoms with van der Waals surface area (Å²) in [6.45, 7) is 0. The molecule has 0 spiro atoms. The Balaban J connectivity index is 1.84. The number of benzene rings is 1. The third-order valence-corrected chi connectivity index (χ3v) is 4.13. The van der Waals surface area contributed by atoms with Crippen LogP contribution in [-0.2, 0) is 6.42 Å². The van der Waals surface area contributed by atoms with Crippen molar-refractivity contribution in [3.05, 3.63) is 59.6 Å². The quantitative estimate of drug-likeness (QED) is 0.474. The lowest BCUT2D eigenvalue weighted by atomic mass is 10.2. The molecule has 0 fully saturated rings. The predicted octanol–water partition coefficient (Wildman–Crippen LogP) is 2.67. The molecule has 4 aromatic rings. The van der Waals surface area contributed by atoms with Gasteiger partial charge in [-0.2, -0.15) is 0 Å². The van der Waals surface area contributed by atoms with Crippen LogP contribution >= 0.6 is 11.6 Å². The van der Waals surface area contributed by atoms with Gasteiger partial charge < -0.3 is 4.42 Å². The van der Waals surface area contributed by atoms with Crippen LogP contribution in [0.5, 0.6) is 0 Å². The van der Waals surface area contributed by atoms with Crippen LogP contribution in [0.1, 0.15) is 11.4 Å². The van der Waals surface area contributed by atoms with Crippen LogP contribution in [0.2, 0.25) is 5.02 Å². The van der Waals surface area contributed by atoms with Crippen molar-refractivity contribution in [1.29, 1.82) is 0 Å². The summed E-state index contributed by atoms with van der Waals surface area (Å²) < 4.78 is 9.23. The van der Waals surface area contributed by atoms with Crippen LogP contribution in [0.25, 0.3) is 23.0 Å². The third kappa shape index (κ3) is 1.77. The minimum atomic E-state index is 0.496. The van der Waals surface area contributed by atoms with Crippen LogP contribution in [0.15, 0.2) is 47.6 Å². The lowest BCUT2D eigenvalue weighted by molar-refractivity contribution is 0.571. The first-order valence-corrected chi connectivity index (χ1v) is 7.35. The maximum Gasteiger partial charge on any atom is 0.246 e. The van der Waals surface area contributed by atoms with Gasteiger partial charge in [-0.25, -0.2) is 14.6 Å². The Labute approximate surface area is 135 Å². The van der Waals surface area contributed by atoms with Gasteiger partial charge in [0.15, 0.2) is 0 Å². The van der Waals surface area contributed by atoms with Crippen LogP contribution in [0.4, 0.5) is 0 Å². The Bertz CT molecular complexity index is 1020. The molecule has 112 valence electrons. The standard InChI is InChI=1S/C15H9ClN6O/c16-9-1-2-11-12(5-9)22-10(7-19-20-22)6-13-14(18-8-21(11)13)15-17-3-4-23-15/h1-5,7-8H,6H2. The maximum absolute atomic E-state index is 6.17. The topological polar surface area (TPSA) is 74.6 Å². The summed E-state index contributed by atoms with van der Waals surface area (Å²) in [5.41, 5.74) is 4.42. The zero-order valence-corrected chi connectivity index (χ0v) is 12.5. The van der Waals surface area contributed by atoms with Crippen molar-refractivity contribution in [2.75, 3.05) is 0 Å². The molecule has 0 radical (unpaired) electrons. The predicted molar refractivity (Wildman–Crippen MR) is 81.8 cm³/mol. The van der Waals surface area contributed by atoms with E-state index in [2.05, 4.69) is 20.3 Å². The molecule has 0 saturated carbocycles. The highest BCUT2D eigenvalue weighted by molar-refractivity contribution is 6.30. The Kier molecular flexibility index (Phi) is 2.48. The number of hydrogen-bond donors (Lipinski definition) is 0. The van der Waals surface area contributed by atoms with Gasteiger partial charge in [-0.3, -0.25) is 4.57 Å². The van der Waals surface area contributed by atoms with Crippen LogP contribution < -0.4 is 0 Å². The van der Waals surface area contributed by atoms with E-state index in [4.69, 9.17) is 16.0 Å².